The van der Waals surface area contributed by atoms with Crippen molar-refractivity contribution >= 4 is 0 Å². The van der Waals surface area contributed by atoms with Gasteiger partial charge in [-0.1, -0.05) is 31.2 Å². The van der Waals surface area contributed by atoms with Gasteiger partial charge in [0, 0.05) is 12.6 Å². The largest absolute Gasteiger partial charge is 0.323 e. The van der Waals surface area contributed by atoms with Crippen LogP contribution in [0.3, 0.4) is 0 Å². The van der Waals surface area contributed by atoms with E-state index in [9.17, 15) is 0 Å². The van der Waals surface area contributed by atoms with Gasteiger partial charge in [-0.15, -0.1) is 0 Å². The summed E-state index contributed by atoms with van der Waals surface area (Å²) >= 11 is 0. The zero-order valence-electron chi connectivity index (χ0n) is 11.0. The van der Waals surface area contributed by atoms with Gasteiger partial charge in [0.1, 0.15) is 0 Å². The lowest BCUT2D eigenvalue weighted by Gasteiger charge is -2.32. The molecular formula is C15H24N2. The predicted octanol–water partition coefficient (Wildman–Crippen LogP) is 2.73. The van der Waals surface area contributed by atoms with Crippen LogP contribution in [0.5, 0.6) is 0 Å². The number of benzene rings is 1. The van der Waals surface area contributed by atoms with Crippen molar-refractivity contribution in [2.45, 2.75) is 32.7 Å². The number of rotatable bonds is 3. The highest BCUT2D eigenvalue weighted by molar-refractivity contribution is 5.28. The molecule has 2 nitrogen and oxygen atoms in total. The fraction of sp³-hybridized carbons (Fsp3) is 0.600. The maximum absolute atomic E-state index is 6.32. The third kappa shape index (κ3) is 3.30. The minimum atomic E-state index is 0.157. The average molecular weight is 232 g/mol. The van der Waals surface area contributed by atoms with Crippen molar-refractivity contribution < 1.29 is 0 Å². The quantitative estimate of drug-likeness (QED) is 0.868. The molecule has 1 aliphatic heterocycles. The normalized spacial score (nSPS) is 20.4. The standard InChI is InChI=1S/C15H24N2/c1-12-7-9-17(10-8-12)11-15(16)14-6-4-3-5-13(14)2/h3-6,12,15H,7-11,16H2,1-2H3. The van der Waals surface area contributed by atoms with E-state index in [1.54, 1.807) is 0 Å². The molecule has 94 valence electrons. The lowest BCUT2D eigenvalue weighted by atomic mass is 9.97. The first kappa shape index (κ1) is 12.6. The Bertz CT molecular complexity index is 354. The molecule has 1 aliphatic rings. The molecule has 0 amide bonds. The van der Waals surface area contributed by atoms with E-state index in [2.05, 4.69) is 43.0 Å². The van der Waals surface area contributed by atoms with E-state index in [0.717, 1.165) is 12.5 Å². The number of hydrogen-bond acceptors (Lipinski definition) is 2. The van der Waals surface area contributed by atoms with Gasteiger partial charge in [-0.25, -0.2) is 0 Å². The SMILES string of the molecule is Cc1ccccc1C(N)CN1CCC(C)CC1. The molecule has 0 saturated carbocycles. The zero-order chi connectivity index (χ0) is 12.3. The van der Waals surface area contributed by atoms with E-state index in [1.165, 1.54) is 37.1 Å². The Balaban J connectivity index is 1.93. The molecule has 17 heavy (non-hydrogen) atoms. The summed E-state index contributed by atoms with van der Waals surface area (Å²) in [5, 5.41) is 0. The Labute approximate surface area is 105 Å². The van der Waals surface area contributed by atoms with E-state index in [4.69, 9.17) is 5.73 Å². The van der Waals surface area contributed by atoms with Gasteiger partial charge in [-0.2, -0.15) is 0 Å². The second kappa shape index (κ2) is 5.65. The van der Waals surface area contributed by atoms with Gasteiger partial charge < -0.3 is 10.6 Å². The molecule has 1 atom stereocenters. The minimum Gasteiger partial charge on any atom is -0.323 e. The molecule has 0 radical (unpaired) electrons. The fourth-order valence-corrected chi connectivity index (χ4v) is 2.62. The summed E-state index contributed by atoms with van der Waals surface area (Å²) in [6.45, 7) is 7.91. The molecule has 0 spiro atoms. The summed E-state index contributed by atoms with van der Waals surface area (Å²) in [5.41, 5.74) is 8.93. The summed E-state index contributed by atoms with van der Waals surface area (Å²) in [7, 11) is 0. The Kier molecular flexibility index (Phi) is 4.19. The van der Waals surface area contributed by atoms with Crippen LogP contribution in [0.4, 0.5) is 0 Å². The van der Waals surface area contributed by atoms with Crippen molar-refractivity contribution in [2.75, 3.05) is 19.6 Å². The third-order valence-corrected chi connectivity index (χ3v) is 3.92. The van der Waals surface area contributed by atoms with Crippen LogP contribution in [-0.4, -0.2) is 24.5 Å². The first-order valence-electron chi connectivity index (χ1n) is 6.70. The highest BCUT2D eigenvalue weighted by atomic mass is 15.1. The van der Waals surface area contributed by atoms with Crippen LogP contribution >= 0.6 is 0 Å². The van der Waals surface area contributed by atoms with Crippen molar-refractivity contribution in [1.82, 2.24) is 4.90 Å². The minimum absolute atomic E-state index is 0.157. The summed E-state index contributed by atoms with van der Waals surface area (Å²) in [6, 6.07) is 8.62. The Morgan fingerprint density at radius 2 is 1.94 bits per heavy atom. The van der Waals surface area contributed by atoms with Gasteiger partial charge in [0.2, 0.25) is 0 Å². The molecule has 0 bridgehead atoms. The molecule has 1 saturated heterocycles. The van der Waals surface area contributed by atoms with Crippen molar-refractivity contribution in [1.29, 1.82) is 0 Å². The Morgan fingerprint density at radius 1 is 1.29 bits per heavy atom. The van der Waals surface area contributed by atoms with E-state index < -0.39 is 0 Å². The topological polar surface area (TPSA) is 29.3 Å². The lowest BCUT2D eigenvalue weighted by molar-refractivity contribution is 0.183. The molecule has 1 unspecified atom stereocenters. The summed E-state index contributed by atoms with van der Waals surface area (Å²) in [5.74, 6) is 0.890. The predicted molar refractivity (Wildman–Crippen MR) is 72.9 cm³/mol. The van der Waals surface area contributed by atoms with Gasteiger partial charge in [0.05, 0.1) is 0 Å². The number of aryl methyl sites for hydroxylation is 1. The van der Waals surface area contributed by atoms with Crippen LogP contribution < -0.4 is 5.73 Å². The van der Waals surface area contributed by atoms with Crippen molar-refractivity contribution in [3.8, 4) is 0 Å². The van der Waals surface area contributed by atoms with Crippen LogP contribution in [-0.2, 0) is 0 Å². The van der Waals surface area contributed by atoms with E-state index in [1.807, 2.05) is 0 Å². The molecule has 1 aromatic carbocycles. The molecule has 2 rings (SSSR count). The molecule has 0 aromatic heterocycles. The maximum atomic E-state index is 6.32. The molecule has 1 fully saturated rings. The molecule has 2 heteroatoms. The molecule has 0 aliphatic carbocycles. The van der Waals surface area contributed by atoms with Crippen LogP contribution in [0.2, 0.25) is 0 Å². The molecule has 2 N–H and O–H groups in total. The van der Waals surface area contributed by atoms with Crippen molar-refractivity contribution in [3.05, 3.63) is 35.4 Å². The van der Waals surface area contributed by atoms with Gasteiger partial charge >= 0.3 is 0 Å². The molecular weight excluding hydrogens is 208 g/mol. The second-order valence-corrected chi connectivity index (χ2v) is 5.45. The monoisotopic (exact) mass is 232 g/mol. The zero-order valence-corrected chi connectivity index (χ0v) is 11.0. The van der Waals surface area contributed by atoms with Gasteiger partial charge in [0.15, 0.2) is 0 Å². The van der Waals surface area contributed by atoms with Gasteiger partial charge in [-0.05, 0) is 49.9 Å². The van der Waals surface area contributed by atoms with Gasteiger partial charge in [0.25, 0.3) is 0 Å². The fourth-order valence-electron chi connectivity index (χ4n) is 2.62. The number of piperidine rings is 1. The molecule has 1 heterocycles. The number of hydrogen-bond donors (Lipinski definition) is 1. The van der Waals surface area contributed by atoms with E-state index in [0.29, 0.717) is 0 Å². The maximum Gasteiger partial charge on any atom is 0.0426 e. The first-order valence-corrected chi connectivity index (χ1v) is 6.70. The molecule has 1 aromatic rings. The number of nitrogens with two attached hydrogens (primary N) is 1. The van der Waals surface area contributed by atoms with Crippen LogP contribution in [0.15, 0.2) is 24.3 Å². The van der Waals surface area contributed by atoms with Crippen LogP contribution in [0.25, 0.3) is 0 Å². The number of nitrogens with zero attached hydrogens (tertiary/aromatic N) is 1. The second-order valence-electron chi connectivity index (χ2n) is 5.45. The van der Waals surface area contributed by atoms with E-state index in [-0.39, 0.29) is 6.04 Å². The van der Waals surface area contributed by atoms with Crippen LogP contribution in [0, 0.1) is 12.8 Å². The van der Waals surface area contributed by atoms with Crippen molar-refractivity contribution in [3.63, 3.8) is 0 Å². The smallest absolute Gasteiger partial charge is 0.0426 e. The van der Waals surface area contributed by atoms with Gasteiger partial charge in [-0.3, -0.25) is 0 Å². The number of likely N-dealkylation sites (tertiary alicyclic amines) is 1. The average Bonchev–Trinajstić information content (AvgIpc) is 2.32. The Morgan fingerprint density at radius 3 is 2.59 bits per heavy atom. The van der Waals surface area contributed by atoms with Crippen LogP contribution in [0.1, 0.15) is 36.9 Å². The summed E-state index contributed by atoms with van der Waals surface area (Å²) in [6.07, 6.45) is 2.64. The van der Waals surface area contributed by atoms with E-state index >= 15 is 0 Å². The Hall–Kier alpha value is -0.860. The summed E-state index contributed by atoms with van der Waals surface area (Å²) < 4.78 is 0. The first-order chi connectivity index (χ1) is 8.16. The van der Waals surface area contributed by atoms with Crippen molar-refractivity contribution in [2.24, 2.45) is 11.7 Å². The highest BCUT2D eigenvalue weighted by Gasteiger charge is 2.18. The summed E-state index contributed by atoms with van der Waals surface area (Å²) in [4.78, 5) is 2.51. The third-order valence-electron chi connectivity index (χ3n) is 3.92. The lowest BCUT2D eigenvalue weighted by Crippen LogP contribution is -2.38. The highest BCUT2D eigenvalue weighted by Crippen LogP contribution is 2.20.